The molecule has 7 nitrogen and oxygen atoms in total. The monoisotopic (exact) mass is 465 g/mol. The van der Waals surface area contributed by atoms with Crippen molar-refractivity contribution in [2.24, 2.45) is 5.92 Å². The number of amides is 2. The Morgan fingerprint density at radius 1 is 0.882 bits per heavy atom. The molecule has 0 spiro atoms. The zero-order valence-corrected chi connectivity index (χ0v) is 20.2. The van der Waals surface area contributed by atoms with E-state index in [1.165, 1.54) is 0 Å². The van der Waals surface area contributed by atoms with Crippen molar-refractivity contribution in [3.05, 3.63) is 59.7 Å². The quantitative estimate of drug-likeness (QED) is 0.679. The van der Waals surface area contributed by atoms with Crippen LogP contribution in [0.2, 0.25) is 0 Å². The largest absolute Gasteiger partial charge is 0.497 e. The number of nitrogens with zero attached hydrogens (tertiary/aromatic N) is 2. The summed E-state index contributed by atoms with van der Waals surface area (Å²) in [5, 5.41) is 3.09. The minimum Gasteiger partial charge on any atom is -0.497 e. The Morgan fingerprint density at radius 3 is 2.09 bits per heavy atom. The van der Waals surface area contributed by atoms with E-state index in [2.05, 4.69) is 10.2 Å². The number of carbonyl (C=O) groups excluding carboxylic acids is 2. The molecule has 2 aliphatic rings. The van der Waals surface area contributed by atoms with E-state index in [1.54, 1.807) is 32.4 Å². The van der Waals surface area contributed by atoms with Crippen LogP contribution in [0, 0.1) is 5.92 Å². The van der Waals surface area contributed by atoms with Gasteiger partial charge in [-0.2, -0.15) is 0 Å². The van der Waals surface area contributed by atoms with E-state index in [9.17, 15) is 9.59 Å². The second-order valence-electron chi connectivity index (χ2n) is 9.14. The predicted molar refractivity (Wildman–Crippen MR) is 131 cm³/mol. The highest BCUT2D eigenvalue weighted by Gasteiger charge is 2.32. The SMILES string of the molecule is COc1cc(OC)cc(C(=O)N2CCC(N3CCC(C(=O)NCc4ccccc4)CC3)CC2)c1. The fraction of sp³-hybridized carbons (Fsp3) is 0.481. The molecule has 0 bridgehead atoms. The molecule has 2 aliphatic heterocycles. The number of nitrogens with one attached hydrogen (secondary N) is 1. The minimum atomic E-state index is 0.0180. The molecular formula is C27H35N3O4. The lowest BCUT2D eigenvalue weighted by Gasteiger charge is -2.41. The molecule has 4 rings (SSSR count). The first-order chi connectivity index (χ1) is 16.6. The van der Waals surface area contributed by atoms with Gasteiger partial charge in [-0.15, -0.1) is 0 Å². The van der Waals surface area contributed by atoms with Gasteiger partial charge in [0.15, 0.2) is 0 Å². The molecular weight excluding hydrogens is 430 g/mol. The van der Waals surface area contributed by atoms with Crippen molar-refractivity contribution in [3.8, 4) is 11.5 Å². The summed E-state index contributed by atoms with van der Waals surface area (Å²) in [5.41, 5.74) is 1.72. The number of carbonyl (C=O) groups is 2. The van der Waals surface area contributed by atoms with Crippen LogP contribution in [0.15, 0.2) is 48.5 Å². The third-order valence-electron chi connectivity index (χ3n) is 7.08. The van der Waals surface area contributed by atoms with Crippen LogP contribution in [0.25, 0.3) is 0 Å². The Hall–Kier alpha value is -3.06. The Labute approximate surface area is 202 Å². The van der Waals surface area contributed by atoms with Crippen molar-refractivity contribution >= 4 is 11.8 Å². The minimum absolute atomic E-state index is 0.0180. The normalized spacial score (nSPS) is 17.9. The van der Waals surface area contributed by atoms with Crippen LogP contribution in [0.5, 0.6) is 11.5 Å². The lowest BCUT2D eigenvalue weighted by molar-refractivity contribution is -0.126. The predicted octanol–water partition coefficient (Wildman–Crippen LogP) is 3.34. The number of benzene rings is 2. The number of methoxy groups -OCH3 is 2. The molecule has 0 unspecified atom stereocenters. The fourth-order valence-corrected chi connectivity index (χ4v) is 5.00. The fourth-order valence-electron chi connectivity index (χ4n) is 5.00. The van der Waals surface area contributed by atoms with Gasteiger partial charge in [-0.25, -0.2) is 0 Å². The van der Waals surface area contributed by atoms with Crippen molar-refractivity contribution < 1.29 is 19.1 Å². The van der Waals surface area contributed by atoms with Crippen molar-refractivity contribution in [3.63, 3.8) is 0 Å². The highest BCUT2D eigenvalue weighted by atomic mass is 16.5. The third kappa shape index (κ3) is 5.89. The van der Waals surface area contributed by atoms with Gasteiger partial charge in [0.1, 0.15) is 11.5 Å². The Balaban J connectivity index is 1.23. The highest BCUT2D eigenvalue weighted by molar-refractivity contribution is 5.95. The summed E-state index contributed by atoms with van der Waals surface area (Å²) < 4.78 is 10.6. The van der Waals surface area contributed by atoms with E-state index < -0.39 is 0 Å². The van der Waals surface area contributed by atoms with Crippen LogP contribution in [0.4, 0.5) is 0 Å². The molecule has 2 saturated heterocycles. The van der Waals surface area contributed by atoms with Gasteiger partial charge in [-0.3, -0.25) is 9.59 Å². The first-order valence-electron chi connectivity index (χ1n) is 12.2. The van der Waals surface area contributed by atoms with Crippen molar-refractivity contribution in [2.45, 2.75) is 38.3 Å². The number of ether oxygens (including phenoxy) is 2. The van der Waals surface area contributed by atoms with Crippen LogP contribution < -0.4 is 14.8 Å². The summed E-state index contributed by atoms with van der Waals surface area (Å²) in [6.07, 6.45) is 3.70. The average Bonchev–Trinajstić information content (AvgIpc) is 2.91. The van der Waals surface area contributed by atoms with Gasteiger partial charge in [0, 0.05) is 43.2 Å². The van der Waals surface area contributed by atoms with Gasteiger partial charge in [0.25, 0.3) is 5.91 Å². The molecule has 2 fully saturated rings. The van der Waals surface area contributed by atoms with Crippen LogP contribution in [-0.2, 0) is 11.3 Å². The van der Waals surface area contributed by atoms with E-state index in [-0.39, 0.29) is 17.7 Å². The smallest absolute Gasteiger partial charge is 0.254 e. The van der Waals surface area contributed by atoms with Crippen molar-refractivity contribution in [2.75, 3.05) is 40.4 Å². The van der Waals surface area contributed by atoms with Gasteiger partial charge >= 0.3 is 0 Å². The van der Waals surface area contributed by atoms with E-state index in [1.807, 2.05) is 35.2 Å². The highest BCUT2D eigenvalue weighted by Crippen LogP contribution is 2.27. The molecule has 1 N–H and O–H groups in total. The molecule has 2 aromatic carbocycles. The zero-order chi connectivity index (χ0) is 23.9. The summed E-state index contributed by atoms with van der Waals surface area (Å²) in [6.45, 7) is 3.94. The Bertz CT molecular complexity index is 943. The van der Waals surface area contributed by atoms with Crippen LogP contribution in [0.3, 0.4) is 0 Å². The summed E-state index contributed by atoms with van der Waals surface area (Å²) in [4.78, 5) is 30.1. The second kappa shape index (κ2) is 11.4. The standard InChI is InChI=1S/C27H35N3O4/c1-33-24-16-22(17-25(18-24)34-2)27(32)30-14-10-23(11-15-30)29-12-8-21(9-13-29)26(31)28-19-20-6-4-3-5-7-20/h3-7,16-18,21,23H,8-15,19H2,1-2H3,(H,28,31). The van der Waals surface area contributed by atoms with Crippen LogP contribution in [-0.4, -0.2) is 68.1 Å². The maximum Gasteiger partial charge on any atom is 0.254 e. The van der Waals surface area contributed by atoms with Crippen LogP contribution in [0.1, 0.15) is 41.6 Å². The summed E-state index contributed by atoms with van der Waals surface area (Å²) in [6, 6.07) is 15.8. The van der Waals surface area contributed by atoms with Gasteiger partial charge in [-0.05, 0) is 56.5 Å². The average molecular weight is 466 g/mol. The van der Waals surface area contributed by atoms with Gasteiger partial charge < -0.3 is 24.6 Å². The van der Waals surface area contributed by atoms with Gasteiger partial charge in [0.05, 0.1) is 14.2 Å². The molecule has 0 aromatic heterocycles. The number of hydrogen-bond donors (Lipinski definition) is 1. The topological polar surface area (TPSA) is 71.1 Å². The first-order valence-corrected chi connectivity index (χ1v) is 12.2. The van der Waals surface area contributed by atoms with Gasteiger partial charge in [0.2, 0.25) is 5.91 Å². The van der Waals surface area contributed by atoms with E-state index in [0.29, 0.717) is 29.6 Å². The molecule has 2 amide bonds. The number of rotatable bonds is 7. The van der Waals surface area contributed by atoms with E-state index >= 15 is 0 Å². The van der Waals surface area contributed by atoms with Crippen molar-refractivity contribution in [1.82, 2.24) is 15.1 Å². The molecule has 0 aliphatic carbocycles. The third-order valence-corrected chi connectivity index (χ3v) is 7.08. The molecule has 7 heteroatoms. The Kier molecular flexibility index (Phi) is 8.06. The molecule has 2 aromatic rings. The summed E-state index contributed by atoms with van der Waals surface area (Å²) in [7, 11) is 3.18. The van der Waals surface area contributed by atoms with E-state index in [0.717, 1.165) is 57.4 Å². The van der Waals surface area contributed by atoms with Crippen LogP contribution >= 0.6 is 0 Å². The lowest BCUT2D eigenvalue weighted by Crippen LogP contribution is -2.50. The number of likely N-dealkylation sites (tertiary alicyclic amines) is 2. The zero-order valence-electron chi connectivity index (χ0n) is 20.2. The lowest BCUT2D eigenvalue weighted by atomic mass is 9.92. The molecule has 0 saturated carbocycles. The first kappa shape index (κ1) is 24.1. The molecule has 0 radical (unpaired) electrons. The maximum atomic E-state index is 13.1. The second-order valence-corrected chi connectivity index (χ2v) is 9.14. The van der Waals surface area contributed by atoms with E-state index in [4.69, 9.17) is 9.47 Å². The van der Waals surface area contributed by atoms with Crippen molar-refractivity contribution in [1.29, 1.82) is 0 Å². The molecule has 0 atom stereocenters. The van der Waals surface area contributed by atoms with Gasteiger partial charge in [-0.1, -0.05) is 30.3 Å². The number of hydrogen-bond acceptors (Lipinski definition) is 5. The summed E-state index contributed by atoms with van der Waals surface area (Å²) in [5.74, 6) is 1.51. The summed E-state index contributed by atoms with van der Waals surface area (Å²) >= 11 is 0. The molecule has 34 heavy (non-hydrogen) atoms. The molecule has 182 valence electrons. The molecule has 2 heterocycles. The maximum absolute atomic E-state index is 13.1. The Morgan fingerprint density at radius 2 is 1.50 bits per heavy atom. The number of piperidine rings is 2.